The largest absolute Gasteiger partial charge is 0.323 e. The van der Waals surface area contributed by atoms with Crippen molar-refractivity contribution in [3.8, 4) is 0 Å². The average molecular weight is 280 g/mol. The number of hydrogen-bond donors (Lipinski definition) is 2. The number of anilines is 2. The van der Waals surface area contributed by atoms with Crippen molar-refractivity contribution in [3.63, 3.8) is 0 Å². The average Bonchev–Trinajstić information content (AvgIpc) is 2.33. The Kier molecular flexibility index (Phi) is 3.97. The van der Waals surface area contributed by atoms with Gasteiger partial charge in [-0.15, -0.1) is 0 Å². The maximum Gasteiger partial charge on any atom is 0.323 e. The van der Waals surface area contributed by atoms with Gasteiger partial charge in [0, 0.05) is 11.9 Å². The zero-order chi connectivity index (χ0) is 13.8. The van der Waals surface area contributed by atoms with E-state index in [1.54, 1.807) is 19.1 Å². The third kappa shape index (κ3) is 3.66. The van der Waals surface area contributed by atoms with Crippen LogP contribution in [-0.2, 0) is 0 Å². The number of aryl methyl sites for hydroxylation is 1. The summed E-state index contributed by atoms with van der Waals surface area (Å²) in [6.45, 7) is 1.77. The number of benzene rings is 1. The van der Waals surface area contributed by atoms with Crippen LogP contribution in [0.5, 0.6) is 0 Å². The Morgan fingerprint density at radius 2 is 2.05 bits per heavy atom. The van der Waals surface area contributed by atoms with Gasteiger partial charge in [-0.2, -0.15) is 0 Å². The van der Waals surface area contributed by atoms with Gasteiger partial charge in [0.2, 0.25) is 0 Å². The summed E-state index contributed by atoms with van der Waals surface area (Å²) in [5, 5.41) is 5.21. The van der Waals surface area contributed by atoms with Crippen LogP contribution in [0.3, 0.4) is 0 Å². The van der Waals surface area contributed by atoms with Crippen LogP contribution in [-0.4, -0.2) is 11.0 Å². The molecule has 2 rings (SSSR count). The van der Waals surface area contributed by atoms with Crippen LogP contribution in [0, 0.1) is 12.7 Å². The predicted molar refractivity (Wildman–Crippen MR) is 73.0 cm³/mol. The van der Waals surface area contributed by atoms with Gasteiger partial charge in [-0.25, -0.2) is 14.2 Å². The molecule has 1 heterocycles. The van der Waals surface area contributed by atoms with Crippen molar-refractivity contribution in [2.45, 2.75) is 6.92 Å². The summed E-state index contributed by atoms with van der Waals surface area (Å²) in [7, 11) is 0. The summed E-state index contributed by atoms with van der Waals surface area (Å²) in [6.07, 6.45) is 1.46. The number of hydrogen-bond acceptors (Lipinski definition) is 2. The van der Waals surface area contributed by atoms with E-state index in [0.717, 1.165) is 5.56 Å². The lowest BCUT2D eigenvalue weighted by atomic mass is 10.2. The number of nitrogens with one attached hydrogen (secondary N) is 2. The maximum absolute atomic E-state index is 13.5. The van der Waals surface area contributed by atoms with Gasteiger partial charge < -0.3 is 10.6 Å². The number of halogens is 2. The van der Waals surface area contributed by atoms with E-state index in [0.29, 0.717) is 5.69 Å². The third-order valence-electron chi connectivity index (χ3n) is 2.36. The highest BCUT2D eigenvalue weighted by atomic mass is 35.5. The molecular formula is C13H11ClFN3O. The van der Waals surface area contributed by atoms with Crippen molar-refractivity contribution in [2.24, 2.45) is 0 Å². The Bertz CT molecular complexity index is 619. The molecule has 2 amide bonds. The summed E-state index contributed by atoms with van der Waals surface area (Å²) < 4.78 is 13.5. The van der Waals surface area contributed by atoms with Gasteiger partial charge in [-0.05, 0) is 36.8 Å². The van der Waals surface area contributed by atoms with Crippen molar-refractivity contribution in [1.29, 1.82) is 0 Å². The molecule has 2 N–H and O–H groups in total. The Morgan fingerprint density at radius 1 is 1.26 bits per heavy atom. The second-order valence-electron chi connectivity index (χ2n) is 3.93. The molecule has 98 valence electrons. The molecular weight excluding hydrogens is 269 g/mol. The van der Waals surface area contributed by atoms with Crippen LogP contribution in [0.4, 0.5) is 20.6 Å². The molecule has 0 bridgehead atoms. The molecule has 4 nitrogen and oxygen atoms in total. The molecule has 0 saturated heterocycles. The quantitative estimate of drug-likeness (QED) is 0.821. The Hall–Kier alpha value is -2.14. The topological polar surface area (TPSA) is 54.0 Å². The monoisotopic (exact) mass is 279 g/mol. The molecule has 0 atom stereocenters. The molecule has 0 radical (unpaired) electrons. The molecule has 19 heavy (non-hydrogen) atoms. The molecule has 0 fully saturated rings. The summed E-state index contributed by atoms with van der Waals surface area (Å²) in [5.74, 6) is -0.483. The first-order valence-corrected chi connectivity index (χ1v) is 5.88. The normalized spacial score (nSPS) is 10.1. The number of carbonyl (C=O) groups excluding carboxylic acids is 1. The molecule has 0 spiro atoms. The lowest BCUT2D eigenvalue weighted by Gasteiger charge is -2.08. The van der Waals surface area contributed by atoms with Crippen LogP contribution in [0.25, 0.3) is 0 Å². The standard InChI is InChI=1S/C13H11ClFN3O/c1-8-2-3-11(10(15)6-8)18-13(19)17-9-4-5-16-12(14)7-9/h2-7H,1H3,(H2,16,17,18,19). The number of carbonyl (C=O) groups is 1. The second kappa shape index (κ2) is 5.67. The molecule has 0 aliphatic heterocycles. The molecule has 1 aromatic heterocycles. The van der Waals surface area contributed by atoms with E-state index in [1.165, 1.54) is 24.4 Å². The van der Waals surface area contributed by atoms with Crippen molar-refractivity contribution in [3.05, 3.63) is 53.1 Å². The van der Waals surface area contributed by atoms with E-state index in [-0.39, 0.29) is 10.8 Å². The highest BCUT2D eigenvalue weighted by Crippen LogP contribution is 2.16. The molecule has 0 unspecified atom stereocenters. The zero-order valence-electron chi connectivity index (χ0n) is 10.1. The van der Waals surface area contributed by atoms with Crippen LogP contribution < -0.4 is 10.6 Å². The van der Waals surface area contributed by atoms with E-state index in [1.807, 2.05) is 0 Å². The van der Waals surface area contributed by atoms with Gasteiger partial charge in [0.05, 0.1) is 5.69 Å². The van der Waals surface area contributed by atoms with Crippen LogP contribution in [0.15, 0.2) is 36.5 Å². The lowest BCUT2D eigenvalue weighted by Crippen LogP contribution is -2.20. The Labute approximate surface area is 114 Å². The SMILES string of the molecule is Cc1ccc(NC(=O)Nc2ccnc(Cl)c2)c(F)c1. The highest BCUT2D eigenvalue weighted by Gasteiger charge is 2.07. The Balaban J connectivity index is 2.05. The van der Waals surface area contributed by atoms with Crippen LogP contribution in [0.1, 0.15) is 5.56 Å². The Morgan fingerprint density at radius 3 is 2.74 bits per heavy atom. The van der Waals surface area contributed by atoms with Gasteiger partial charge in [0.1, 0.15) is 11.0 Å². The van der Waals surface area contributed by atoms with E-state index < -0.39 is 11.8 Å². The first kappa shape index (κ1) is 13.3. The molecule has 2 aromatic rings. The van der Waals surface area contributed by atoms with Gasteiger partial charge in [-0.1, -0.05) is 17.7 Å². The fourth-order valence-corrected chi connectivity index (χ4v) is 1.66. The number of urea groups is 1. The summed E-state index contributed by atoms with van der Waals surface area (Å²) in [4.78, 5) is 15.5. The number of amides is 2. The maximum atomic E-state index is 13.5. The number of rotatable bonds is 2. The van der Waals surface area contributed by atoms with Crippen LogP contribution >= 0.6 is 11.6 Å². The second-order valence-corrected chi connectivity index (χ2v) is 4.32. The summed E-state index contributed by atoms with van der Waals surface area (Å²) in [5.41, 5.74) is 1.37. The third-order valence-corrected chi connectivity index (χ3v) is 2.56. The number of aromatic nitrogens is 1. The minimum Gasteiger partial charge on any atom is -0.308 e. The van der Waals surface area contributed by atoms with E-state index in [9.17, 15) is 9.18 Å². The van der Waals surface area contributed by atoms with Gasteiger partial charge >= 0.3 is 6.03 Å². The van der Waals surface area contributed by atoms with Gasteiger partial charge in [0.15, 0.2) is 0 Å². The smallest absolute Gasteiger partial charge is 0.308 e. The molecule has 0 aliphatic carbocycles. The van der Waals surface area contributed by atoms with Crippen molar-refractivity contribution < 1.29 is 9.18 Å². The number of nitrogens with zero attached hydrogens (tertiary/aromatic N) is 1. The van der Waals surface area contributed by atoms with Gasteiger partial charge in [0.25, 0.3) is 0 Å². The van der Waals surface area contributed by atoms with E-state index in [4.69, 9.17) is 11.6 Å². The zero-order valence-corrected chi connectivity index (χ0v) is 10.8. The first-order chi connectivity index (χ1) is 9.04. The number of pyridine rings is 1. The summed E-state index contributed by atoms with van der Waals surface area (Å²) >= 11 is 5.69. The summed E-state index contributed by atoms with van der Waals surface area (Å²) in [6, 6.07) is 7.08. The molecule has 0 saturated carbocycles. The fraction of sp³-hybridized carbons (Fsp3) is 0.0769. The first-order valence-electron chi connectivity index (χ1n) is 5.50. The van der Waals surface area contributed by atoms with E-state index >= 15 is 0 Å². The van der Waals surface area contributed by atoms with Crippen LogP contribution in [0.2, 0.25) is 5.15 Å². The minimum atomic E-state index is -0.551. The molecule has 1 aromatic carbocycles. The van der Waals surface area contributed by atoms with Crippen molar-refractivity contribution >= 4 is 29.0 Å². The minimum absolute atomic E-state index is 0.114. The lowest BCUT2D eigenvalue weighted by molar-refractivity contribution is 0.262. The molecule has 0 aliphatic rings. The highest BCUT2D eigenvalue weighted by molar-refractivity contribution is 6.29. The fourth-order valence-electron chi connectivity index (χ4n) is 1.49. The molecule has 6 heteroatoms. The van der Waals surface area contributed by atoms with Gasteiger partial charge in [-0.3, -0.25) is 0 Å². The van der Waals surface area contributed by atoms with Crippen molar-refractivity contribution in [1.82, 2.24) is 4.98 Å². The van der Waals surface area contributed by atoms with E-state index in [2.05, 4.69) is 15.6 Å². The van der Waals surface area contributed by atoms with Crippen molar-refractivity contribution in [2.75, 3.05) is 10.6 Å². The predicted octanol–water partition coefficient (Wildman–Crippen LogP) is 3.83.